The summed E-state index contributed by atoms with van der Waals surface area (Å²) in [6, 6.07) is 7.32. The molecule has 4 nitrogen and oxygen atoms in total. The van der Waals surface area contributed by atoms with Crippen molar-refractivity contribution in [1.29, 1.82) is 0 Å². The fourth-order valence-corrected chi connectivity index (χ4v) is 1.66. The summed E-state index contributed by atoms with van der Waals surface area (Å²) >= 11 is 0. The summed E-state index contributed by atoms with van der Waals surface area (Å²) in [5.41, 5.74) is 1.49. The summed E-state index contributed by atoms with van der Waals surface area (Å²) in [6.07, 6.45) is -0.427. The molecule has 0 N–H and O–H groups in total. The predicted molar refractivity (Wildman–Crippen MR) is 49.4 cm³/mol. The van der Waals surface area contributed by atoms with Crippen molar-refractivity contribution in [3.8, 4) is 0 Å². The third-order valence-electron chi connectivity index (χ3n) is 2.29. The quantitative estimate of drug-likeness (QED) is 0.711. The Hall–Kier alpha value is -1.39. The van der Waals surface area contributed by atoms with E-state index in [9.17, 15) is 4.79 Å². The molecule has 14 heavy (non-hydrogen) atoms. The molecule has 0 fully saturated rings. The van der Waals surface area contributed by atoms with E-state index in [2.05, 4.69) is 0 Å². The number of carbonyl (C=O) groups is 1. The fourth-order valence-electron chi connectivity index (χ4n) is 1.66. The van der Waals surface area contributed by atoms with Gasteiger partial charge in [0.25, 0.3) is 5.91 Å². The Labute approximate surface area is 82.0 Å². The van der Waals surface area contributed by atoms with E-state index in [1.54, 1.807) is 13.2 Å². The first-order valence-corrected chi connectivity index (χ1v) is 4.29. The van der Waals surface area contributed by atoms with E-state index < -0.39 is 6.23 Å². The Morgan fingerprint density at radius 3 is 2.64 bits per heavy atom. The molecule has 1 aliphatic rings. The zero-order chi connectivity index (χ0) is 10.1. The number of ether oxygens (including phenoxy) is 1. The monoisotopic (exact) mass is 193 g/mol. The van der Waals surface area contributed by atoms with Gasteiger partial charge in [-0.2, -0.15) is 5.06 Å². The molecule has 1 aliphatic heterocycles. The summed E-state index contributed by atoms with van der Waals surface area (Å²) in [6.45, 7) is 0. The van der Waals surface area contributed by atoms with E-state index >= 15 is 0 Å². The molecule has 1 aromatic carbocycles. The first kappa shape index (κ1) is 9.18. The van der Waals surface area contributed by atoms with Crippen LogP contribution in [-0.4, -0.2) is 25.2 Å². The molecule has 1 atom stereocenters. The van der Waals surface area contributed by atoms with Gasteiger partial charge in [0, 0.05) is 18.2 Å². The highest BCUT2D eigenvalue weighted by molar-refractivity contribution is 5.98. The number of amides is 1. The SMILES string of the molecule is COC1c2ccccc2C(=O)N1OC. The Morgan fingerprint density at radius 1 is 1.29 bits per heavy atom. The van der Waals surface area contributed by atoms with Gasteiger partial charge in [-0.1, -0.05) is 18.2 Å². The van der Waals surface area contributed by atoms with Crippen LogP contribution in [0.1, 0.15) is 22.1 Å². The van der Waals surface area contributed by atoms with Gasteiger partial charge in [0.1, 0.15) is 0 Å². The molecule has 1 amide bonds. The number of hydrogen-bond donors (Lipinski definition) is 0. The third kappa shape index (κ3) is 1.12. The van der Waals surface area contributed by atoms with Crippen molar-refractivity contribution in [2.75, 3.05) is 14.2 Å². The van der Waals surface area contributed by atoms with Crippen LogP contribution in [0, 0.1) is 0 Å². The predicted octanol–water partition coefficient (Wildman–Crippen LogP) is 1.35. The van der Waals surface area contributed by atoms with Crippen molar-refractivity contribution in [1.82, 2.24) is 5.06 Å². The highest BCUT2D eigenvalue weighted by Gasteiger charge is 2.37. The van der Waals surface area contributed by atoms with Gasteiger partial charge in [0.2, 0.25) is 0 Å². The third-order valence-corrected chi connectivity index (χ3v) is 2.29. The van der Waals surface area contributed by atoms with Gasteiger partial charge in [0.05, 0.1) is 7.11 Å². The number of nitrogens with zero attached hydrogens (tertiary/aromatic N) is 1. The van der Waals surface area contributed by atoms with Gasteiger partial charge in [-0.25, -0.2) is 0 Å². The highest BCUT2D eigenvalue weighted by Crippen LogP contribution is 2.33. The standard InChI is InChI=1S/C10H11NO3/c1-13-10-8-6-4-3-5-7(8)9(12)11(10)14-2/h3-6,10H,1-2H3. The minimum absolute atomic E-state index is 0.157. The average Bonchev–Trinajstić information content (AvgIpc) is 2.51. The van der Waals surface area contributed by atoms with Gasteiger partial charge in [-0.15, -0.1) is 0 Å². The van der Waals surface area contributed by atoms with Crippen molar-refractivity contribution in [2.45, 2.75) is 6.23 Å². The molecule has 0 bridgehead atoms. The second kappa shape index (κ2) is 3.40. The lowest BCUT2D eigenvalue weighted by Crippen LogP contribution is -2.27. The minimum atomic E-state index is -0.427. The van der Waals surface area contributed by atoms with E-state index in [1.165, 1.54) is 12.2 Å². The molecule has 0 radical (unpaired) electrons. The summed E-state index contributed by atoms with van der Waals surface area (Å²) in [5.74, 6) is -0.157. The highest BCUT2D eigenvalue weighted by atomic mass is 16.7. The Kier molecular flexibility index (Phi) is 2.23. The van der Waals surface area contributed by atoms with Gasteiger partial charge >= 0.3 is 0 Å². The second-order valence-electron chi connectivity index (χ2n) is 2.99. The summed E-state index contributed by atoms with van der Waals surface area (Å²) < 4.78 is 5.19. The van der Waals surface area contributed by atoms with Gasteiger partial charge in [0.15, 0.2) is 6.23 Å². The van der Waals surface area contributed by atoms with Crippen molar-refractivity contribution in [2.24, 2.45) is 0 Å². The first-order chi connectivity index (χ1) is 6.79. The van der Waals surface area contributed by atoms with Crippen LogP contribution in [0.25, 0.3) is 0 Å². The molecule has 0 saturated heterocycles. The normalized spacial score (nSPS) is 20.0. The molecule has 1 aromatic rings. The molecular formula is C10H11NO3. The maximum Gasteiger partial charge on any atom is 0.280 e. The fraction of sp³-hybridized carbons (Fsp3) is 0.300. The Bertz CT molecular complexity index is 364. The van der Waals surface area contributed by atoms with E-state index in [1.807, 2.05) is 18.2 Å². The lowest BCUT2D eigenvalue weighted by molar-refractivity contribution is -0.189. The Balaban J connectivity index is 2.48. The summed E-state index contributed by atoms with van der Waals surface area (Å²) in [4.78, 5) is 16.7. The Morgan fingerprint density at radius 2 is 2.00 bits per heavy atom. The van der Waals surface area contributed by atoms with Gasteiger partial charge in [-0.05, 0) is 6.07 Å². The minimum Gasteiger partial charge on any atom is -0.355 e. The average molecular weight is 193 g/mol. The molecule has 74 valence electrons. The van der Waals surface area contributed by atoms with Crippen LogP contribution in [-0.2, 0) is 9.57 Å². The van der Waals surface area contributed by atoms with Crippen molar-refractivity contribution in [3.63, 3.8) is 0 Å². The van der Waals surface area contributed by atoms with Crippen LogP contribution >= 0.6 is 0 Å². The van der Waals surface area contributed by atoms with Crippen molar-refractivity contribution >= 4 is 5.91 Å². The second-order valence-corrected chi connectivity index (χ2v) is 2.99. The van der Waals surface area contributed by atoms with Crippen LogP contribution in [0.4, 0.5) is 0 Å². The lowest BCUT2D eigenvalue weighted by atomic mass is 10.1. The van der Waals surface area contributed by atoms with Crippen LogP contribution in [0.5, 0.6) is 0 Å². The van der Waals surface area contributed by atoms with Crippen LogP contribution in [0.3, 0.4) is 0 Å². The number of methoxy groups -OCH3 is 1. The van der Waals surface area contributed by atoms with E-state index in [0.29, 0.717) is 5.56 Å². The van der Waals surface area contributed by atoms with E-state index in [0.717, 1.165) is 5.56 Å². The van der Waals surface area contributed by atoms with E-state index in [-0.39, 0.29) is 5.91 Å². The molecular weight excluding hydrogens is 182 g/mol. The van der Waals surface area contributed by atoms with Crippen LogP contribution in [0.2, 0.25) is 0 Å². The van der Waals surface area contributed by atoms with Crippen LogP contribution in [0.15, 0.2) is 24.3 Å². The zero-order valence-corrected chi connectivity index (χ0v) is 8.06. The molecule has 2 rings (SSSR count). The van der Waals surface area contributed by atoms with Gasteiger partial charge in [-0.3, -0.25) is 9.63 Å². The lowest BCUT2D eigenvalue weighted by Gasteiger charge is -2.20. The number of rotatable bonds is 2. The first-order valence-electron chi connectivity index (χ1n) is 4.29. The number of benzene rings is 1. The number of hydroxylamine groups is 2. The number of fused-ring (bicyclic) bond motifs is 1. The number of carbonyl (C=O) groups excluding carboxylic acids is 1. The largest absolute Gasteiger partial charge is 0.355 e. The van der Waals surface area contributed by atoms with Crippen molar-refractivity contribution in [3.05, 3.63) is 35.4 Å². The molecule has 1 unspecified atom stereocenters. The molecule has 0 aromatic heterocycles. The smallest absolute Gasteiger partial charge is 0.280 e. The van der Waals surface area contributed by atoms with Gasteiger partial charge < -0.3 is 4.74 Å². The maximum absolute atomic E-state index is 11.7. The van der Waals surface area contributed by atoms with E-state index in [4.69, 9.17) is 9.57 Å². The topological polar surface area (TPSA) is 38.8 Å². The summed E-state index contributed by atoms with van der Waals surface area (Å²) in [7, 11) is 3.00. The van der Waals surface area contributed by atoms with Crippen LogP contribution < -0.4 is 0 Å². The van der Waals surface area contributed by atoms with Crippen molar-refractivity contribution < 1.29 is 14.4 Å². The molecule has 0 saturated carbocycles. The summed E-state index contributed by atoms with van der Waals surface area (Å²) in [5, 5.41) is 1.23. The maximum atomic E-state index is 11.7. The molecule has 0 spiro atoms. The molecule has 1 heterocycles. The number of hydrogen-bond acceptors (Lipinski definition) is 3. The molecule has 4 heteroatoms. The molecule has 0 aliphatic carbocycles. The zero-order valence-electron chi connectivity index (χ0n) is 8.06.